The lowest BCUT2D eigenvalue weighted by molar-refractivity contribution is 0.865. The number of anilines is 1. The van der Waals surface area contributed by atoms with Crippen molar-refractivity contribution >= 4 is 5.69 Å². The Morgan fingerprint density at radius 3 is 2.59 bits per heavy atom. The third kappa shape index (κ3) is 2.90. The van der Waals surface area contributed by atoms with Gasteiger partial charge in [-0.1, -0.05) is 32.0 Å². The van der Waals surface area contributed by atoms with Gasteiger partial charge in [-0.05, 0) is 29.2 Å². The lowest BCUT2D eigenvalue weighted by Crippen LogP contribution is -2.02. The summed E-state index contributed by atoms with van der Waals surface area (Å²) in [6, 6.07) is 10.7. The van der Waals surface area contributed by atoms with Crippen LogP contribution in [0.2, 0.25) is 0 Å². The van der Waals surface area contributed by atoms with Gasteiger partial charge in [-0.3, -0.25) is 0 Å². The molecule has 1 aromatic carbocycles. The average molecular weight is 228 g/mol. The Labute approximate surface area is 103 Å². The summed E-state index contributed by atoms with van der Waals surface area (Å²) in [6.07, 6.45) is 4.22. The molecule has 90 valence electrons. The maximum Gasteiger partial charge on any atom is 0.0415 e. The van der Waals surface area contributed by atoms with Crippen molar-refractivity contribution in [1.82, 2.24) is 4.57 Å². The van der Waals surface area contributed by atoms with Gasteiger partial charge in [0.05, 0.1) is 0 Å². The SMILES string of the molecule is CC(C)c1ccccc1NCc1ccn(C)c1. The predicted molar refractivity (Wildman–Crippen MR) is 73.3 cm³/mol. The predicted octanol–water partition coefficient (Wildman–Crippen LogP) is 3.76. The molecule has 2 heteroatoms. The van der Waals surface area contributed by atoms with Crippen LogP contribution in [-0.2, 0) is 13.6 Å². The van der Waals surface area contributed by atoms with Crippen molar-refractivity contribution in [2.45, 2.75) is 26.3 Å². The first kappa shape index (κ1) is 11.8. The normalized spacial score (nSPS) is 10.8. The summed E-state index contributed by atoms with van der Waals surface area (Å²) in [7, 11) is 2.05. The van der Waals surface area contributed by atoms with Gasteiger partial charge in [-0.25, -0.2) is 0 Å². The van der Waals surface area contributed by atoms with Gasteiger partial charge in [0.1, 0.15) is 0 Å². The molecule has 0 atom stereocenters. The highest BCUT2D eigenvalue weighted by Gasteiger charge is 2.05. The number of nitrogens with one attached hydrogen (secondary N) is 1. The molecule has 0 fully saturated rings. The molecule has 0 saturated carbocycles. The maximum atomic E-state index is 3.51. The van der Waals surface area contributed by atoms with E-state index >= 15 is 0 Å². The van der Waals surface area contributed by atoms with E-state index in [1.54, 1.807) is 0 Å². The third-order valence-corrected chi connectivity index (χ3v) is 2.96. The molecule has 0 unspecified atom stereocenters. The largest absolute Gasteiger partial charge is 0.381 e. The lowest BCUT2D eigenvalue weighted by Gasteiger charge is -2.14. The first-order valence-electron chi connectivity index (χ1n) is 6.10. The third-order valence-electron chi connectivity index (χ3n) is 2.96. The van der Waals surface area contributed by atoms with Crippen LogP contribution in [0.25, 0.3) is 0 Å². The van der Waals surface area contributed by atoms with Crippen molar-refractivity contribution in [3.63, 3.8) is 0 Å². The Kier molecular flexibility index (Phi) is 3.52. The Morgan fingerprint density at radius 1 is 1.18 bits per heavy atom. The summed E-state index contributed by atoms with van der Waals surface area (Å²) in [6.45, 7) is 5.33. The van der Waals surface area contributed by atoms with Gasteiger partial charge in [0.25, 0.3) is 0 Å². The van der Waals surface area contributed by atoms with Crippen LogP contribution < -0.4 is 5.32 Å². The number of para-hydroxylation sites is 1. The number of aryl methyl sites for hydroxylation is 1. The standard InChI is InChI=1S/C15H20N2/c1-12(2)14-6-4-5-7-15(14)16-10-13-8-9-17(3)11-13/h4-9,11-12,16H,10H2,1-3H3. The Balaban J connectivity index is 2.08. The van der Waals surface area contributed by atoms with Crippen LogP contribution in [0.1, 0.15) is 30.9 Å². The van der Waals surface area contributed by atoms with Crippen molar-refractivity contribution < 1.29 is 0 Å². The topological polar surface area (TPSA) is 17.0 Å². The first-order valence-corrected chi connectivity index (χ1v) is 6.10. The van der Waals surface area contributed by atoms with Gasteiger partial charge in [0, 0.05) is 31.7 Å². The van der Waals surface area contributed by atoms with Crippen molar-refractivity contribution in [1.29, 1.82) is 0 Å². The van der Waals surface area contributed by atoms with Crippen molar-refractivity contribution in [2.24, 2.45) is 7.05 Å². The Morgan fingerprint density at radius 2 is 1.94 bits per heavy atom. The van der Waals surface area contributed by atoms with Crippen molar-refractivity contribution in [3.8, 4) is 0 Å². The molecule has 0 amide bonds. The first-order chi connectivity index (χ1) is 8.16. The van der Waals surface area contributed by atoms with E-state index in [9.17, 15) is 0 Å². The minimum atomic E-state index is 0.550. The summed E-state index contributed by atoms with van der Waals surface area (Å²) in [5.41, 5.74) is 3.93. The van der Waals surface area contributed by atoms with Gasteiger partial charge in [-0.15, -0.1) is 0 Å². The molecule has 0 aliphatic carbocycles. The summed E-state index contributed by atoms with van der Waals surface area (Å²) in [5, 5.41) is 3.51. The van der Waals surface area contributed by atoms with Crippen LogP contribution in [0.15, 0.2) is 42.7 Å². The van der Waals surface area contributed by atoms with Gasteiger partial charge < -0.3 is 9.88 Å². The zero-order chi connectivity index (χ0) is 12.3. The van der Waals surface area contributed by atoms with Gasteiger partial charge in [0.2, 0.25) is 0 Å². The molecule has 0 saturated heterocycles. The minimum Gasteiger partial charge on any atom is -0.381 e. The molecule has 0 aliphatic heterocycles. The monoisotopic (exact) mass is 228 g/mol. The van der Waals surface area contributed by atoms with E-state index in [1.165, 1.54) is 16.8 Å². The summed E-state index contributed by atoms with van der Waals surface area (Å²) in [4.78, 5) is 0. The molecule has 1 N–H and O–H groups in total. The van der Waals surface area contributed by atoms with E-state index in [2.05, 4.69) is 66.5 Å². The highest BCUT2D eigenvalue weighted by atomic mass is 14.9. The fourth-order valence-corrected chi connectivity index (χ4v) is 2.02. The molecule has 2 rings (SSSR count). The molecule has 0 spiro atoms. The Hall–Kier alpha value is -1.70. The zero-order valence-corrected chi connectivity index (χ0v) is 10.8. The van der Waals surface area contributed by atoms with Gasteiger partial charge in [0.15, 0.2) is 0 Å². The van der Waals surface area contributed by atoms with Crippen LogP contribution in [0.4, 0.5) is 5.69 Å². The van der Waals surface area contributed by atoms with E-state index in [-0.39, 0.29) is 0 Å². The molecule has 0 aliphatic rings. The summed E-state index contributed by atoms with van der Waals surface area (Å²) >= 11 is 0. The minimum absolute atomic E-state index is 0.550. The smallest absolute Gasteiger partial charge is 0.0415 e. The van der Waals surface area contributed by atoms with E-state index < -0.39 is 0 Å². The van der Waals surface area contributed by atoms with Crippen LogP contribution in [0, 0.1) is 0 Å². The van der Waals surface area contributed by atoms with Crippen LogP contribution in [0.3, 0.4) is 0 Å². The zero-order valence-electron chi connectivity index (χ0n) is 10.8. The number of hydrogen-bond donors (Lipinski definition) is 1. The Bertz CT molecular complexity index is 483. The fourth-order valence-electron chi connectivity index (χ4n) is 2.02. The van der Waals surface area contributed by atoms with Crippen LogP contribution in [0.5, 0.6) is 0 Å². The van der Waals surface area contributed by atoms with E-state index in [1.807, 2.05) is 7.05 Å². The quantitative estimate of drug-likeness (QED) is 0.843. The number of hydrogen-bond acceptors (Lipinski definition) is 1. The van der Waals surface area contributed by atoms with E-state index in [0.29, 0.717) is 5.92 Å². The second-order valence-corrected chi connectivity index (χ2v) is 4.78. The number of benzene rings is 1. The molecular formula is C15H20N2. The second-order valence-electron chi connectivity index (χ2n) is 4.78. The second kappa shape index (κ2) is 5.09. The molecule has 0 bridgehead atoms. The molecule has 0 radical (unpaired) electrons. The van der Waals surface area contributed by atoms with Crippen LogP contribution in [-0.4, -0.2) is 4.57 Å². The fraction of sp³-hybridized carbons (Fsp3) is 0.333. The molecular weight excluding hydrogens is 208 g/mol. The molecule has 1 aromatic heterocycles. The molecule has 1 heterocycles. The summed E-state index contributed by atoms with van der Waals surface area (Å²) < 4.78 is 2.07. The molecule has 17 heavy (non-hydrogen) atoms. The highest BCUT2D eigenvalue weighted by molar-refractivity contribution is 5.52. The lowest BCUT2D eigenvalue weighted by atomic mass is 10.0. The highest BCUT2D eigenvalue weighted by Crippen LogP contribution is 2.24. The number of nitrogens with zero attached hydrogens (tertiary/aromatic N) is 1. The van der Waals surface area contributed by atoms with Gasteiger partial charge in [-0.2, -0.15) is 0 Å². The van der Waals surface area contributed by atoms with E-state index in [4.69, 9.17) is 0 Å². The van der Waals surface area contributed by atoms with E-state index in [0.717, 1.165) is 6.54 Å². The number of rotatable bonds is 4. The van der Waals surface area contributed by atoms with Crippen LogP contribution >= 0.6 is 0 Å². The molecule has 2 nitrogen and oxygen atoms in total. The summed E-state index contributed by atoms with van der Waals surface area (Å²) in [5.74, 6) is 0.550. The van der Waals surface area contributed by atoms with Crippen molar-refractivity contribution in [2.75, 3.05) is 5.32 Å². The number of aromatic nitrogens is 1. The molecule has 2 aromatic rings. The van der Waals surface area contributed by atoms with Gasteiger partial charge >= 0.3 is 0 Å². The average Bonchev–Trinajstić information content (AvgIpc) is 2.73. The maximum absolute atomic E-state index is 3.51. The van der Waals surface area contributed by atoms with Crippen molar-refractivity contribution in [3.05, 3.63) is 53.9 Å².